The molecule has 2 rings (SSSR count). The number of hydrogen-bond donors (Lipinski definition) is 2. The summed E-state index contributed by atoms with van der Waals surface area (Å²) in [6.07, 6.45) is -0.934. The van der Waals surface area contributed by atoms with Crippen LogP contribution in [0.5, 0.6) is 5.75 Å². The number of benzene rings is 1. The maximum atomic E-state index is 13.1. The van der Waals surface area contributed by atoms with Crippen LogP contribution in [0.4, 0.5) is 4.39 Å². The first-order chi connectivity index (χ1) is 9.27. The van der Waals surface area contributed by atoms with Gasteiger partial charge in [0.05, 0.1) is 6.10 Å². The van der Waals surface area contributed by atoms with Gasteiger partial charge in [-0.3, -0.25) is 4.79 Å². The molecule has 0 aliphatic carbocycles. The molecule has 20 heavy (non-hydrogen) atoms. The number of carbonyl (C=O) groups excluding carboxylic acids is 1. The minimum absolute atomic E-state index is 0.174. The molecule has 2 unspecified atom stereocenters. The van der Waals surface area contributed by atoms with Gasteiger partial charge >= 0.3 is 0 Å². The summed E-state index contributed by atoms with van der Waals surface area (Å²) in [6, 6.07) is 4.22. The van der Waals surface area contributed by atoms with Crippen molar-refractivity contribution < 1.29 is 19.0 Å². The number of carbonyl (C=O) groups is 1. The van der Waals surface area contributed by atoms with Crippen LogP contribution in [0.25, 0.3) is 0 Å². The van der Waals surface area contributed by atoms with E-state index in [9.17, 15) is 14.3 Å². The number of ether oxygens (including phenoxy) is 1. The summed E-state index contributed by atoms with van der Waals surface area (Å²) < 4.78 is 18.6. The Morgan fingerprint density at radius 2 is 2.25 bits per heavy atom. The van der Waals surface area contributed by atoms with Crippen LogP contribution in [-0.2, 0) is 11.2 Å². The standard InChI is InChI=1S/C15H20FNO3/c1-15(2,3)13(18)8-17-14(19)12-7-9-6-10(16)4-5-11(9)20-12/h4-6,12-13,18H,7-8H2,1-3H3,(H,17,19). The van der Waals surface area contributed by atoms with Crippen molar-refractivity contribution >= 4 is 5.91 Å². The highest BCUT2D eigenvalue weighted by atomic mass is 19.1. The van der Waals surface area contributed by atoms with Crippen LogP contribution < -0.4 is 10.1 Å². The van der Waals surface area contributed by atoms with Gasteiger partial charge in [-0.2, -0.15) is 0 Å². The quantitative estimate of drug-likeness (QED) is 0.885. The van der Waals surface area contributed by atoms with Gasteiger partial charge in [-0.15, -0.1) is 0 Å². The molecule has 0 fully saturated rings. The van der Waals surface area contributed by atoms with Crippen molar-refractivity contribution in [1.82, 2.24) is 5.32 Å². The predicted molar refractivity (Wildman–Crippen MR) is 73.0 cm³/mol. The molecule has 1 aromatic carbocycles. The third-order valence-corrected chi connectivity index (χ3v) is 3.46. The highest BCUT2D eigenvalue weighted by molar-refractivity contribution is 5.82. The molecular formula is C15H20FNO3. The lowest BCUT2D eigenvalue weighted by Gasteiger charge is -2.26. The summed E-state index contributed by atoms with van der Waals surface area (Å²) in [7, 11) is 0. The molecule has 110 valence electrons. The maximum Gasteiger partial charge on any atom is 0.261 e. The molecule has 0 radical (unpaired) electrons. The molecule has 2 atom stereocenters. The first-order valence-electron chi connectivity index (χ1n) is 6.68. The smallest absolute Gasteiger partial charge is 0.261 e. The summed E-state index contributed by atoms with van der Waals surface area (Å²) in [5.74, 6) is -0.0793. The third-order valence-electron chi connectivity index (χ3n) is 3.46. The second kappa shape index (κ2) is 5.40. The first-order valence-corrected chi connectivity index (χ1v) is 6.68. The minimum Gasteiger partial charge on any atom is -0.480 e. The van der Waals surface area contributed by atoms with Crippen molar-refractivity contribution in [3.8, 4) is 5.75 Å². The SMILES string of the molecule is CC(C)(C)C(O)CNC(=O)C1Cc2cc(F)ccc2O1. The lowest BCUT2D eigenvalue weighted by Crippen LogP contribution is -2.44. The van der Waals surface area contributed by atoms with Crippen molar-refractivity contribution in [3.05, 3.63) is 29.6 Å². The van der Waals surface area contributed by atoms with E-state index in [1.54, 1.807) is 0 Å². The Hall–Kier alpha value is -1.62. The highest BCUT2D eigenvalue weighted by Gasteiger charge is 2.30. The van der Waals surface area contributed by atoms with E-state index in [-0.39, 0.29) is 23.7 Å². The van der Waals surface area contributed by atoms with Crippen molar-refractivity contribution in [3.63, 3.8) is 0 Å². The lowest BCUT2D eigenvalue weighted by atomic mass is 9.89. The molecule has 0 spiro atoms. The maximum absolute atomic E-state index is 13.1. The molecule has 5 heteroatoms. The van der Waals surface area contributed by atoms with Gasteiger partial charge in [0.2, 0.25) is 0 Å². The van der Waals surface area contributed by atoms with Crippen molar-refractivity contribution in [2.45, 2.75) is 39.4 Å². The second-order valence-electron chi connectivity index (χ2n) is 6.19. The van der Waals surface area contributed by atoms with Crippen LogP contribution in [0.1, 0.15) is 26.3 Å². The number of hydrogen-bond acceptors (Lipinski definition) is 3. The molecule has 1 aromatic rings. The fraction of sp³-hybridized carbons (Fsp3) is 0.533. The Balaban J connectivity index is 1.90. The van der Waals surface area contributed by atoms with E-state index in [1.165, 1.54) is 18.2 Å². The van der Waals surface area contributed by atoms with Crippen molar-refractivity contribution in [2.75, 3.05) is 6.54 Å². The topological polar surface area (TPSA) is 58.6 Å². The molecule has 0 saturated carbocycles. The summed E-state index contributed by atoms with van der Waals surface area (Å²) in [5, 5.41) is 12.6. The molecule has 1 amide bonds. The number of aliphatic hydroxyl groups is 1. The van der Waals surface area contributed by atoms with Crippen LogP contribution in [0, 0.1) is 11.2 Å². The van der Waals surface area contributed by atoms with Crippen LogP contribution in [-0.4, -0.2) is 29.8 Å². The number of halogens is 1. The zero-order valence-corrected chi connectivity index (χ0v) is 11.9. The number of aliphatic hydroxyl groups excluding tert-OH is 1. The fourth-order valence-corrected chi connectivity index (χ4v) is 1.98. The van der Waals surface area contributed by atoms with Gasteiger partial charge in [0.15, 0.2) is 6.10 Å². The Morgan fingerprint density at radius 1 is 1.55 bits per heavy atom. The van der Waals surface area contributed by atoms with E-state index in [2.05, 4.69) is 5.32 Å². The molecule has 4 nitrogen and oxygen atoms in total. The monoisotopic (exact) mass is 281 g/mol. The van der Waals surface area contributed by atoms with Crippen LogP contribution in [0.2, 0.25) is 0 Å². The van der Waals surface area contributed by atoms with Gasteiger partial charge in [-0.05, 0) is 23.6 Å². The minimum atomic E-state index is -0.654. The first kappa shape index (κ1) is 14.8. The van der Waals surface area contributed by atoms with E-state index < -0.39 is 12.2 Å². The van der Waals surface area contributed by atoms with Gasteiger partial charge in [0.25, 0.3) is 5.91 Å². The number of nitrogens with one attached hydrogen (secondary N) is 1. The average Bonchev–Trinajstić information content (AvgIpc) is 2.77. The molecule has 0 bridgehead atoms. The Kier molecular flexibility index (Phi) is 3.99. The van der Waals surface area contributed by atoms with Gasteiger partial charge in [0, 0.05) is 18.5 Å². The Labute approximate surface area is 117 Å². The molecule has 0 aromatic heterocycles. The third kappa shape index (κ3) is 3.28. The summed E-state index contributed by atoms with van der Waals surface area (Å²) in [6.45, 7) is 5.87. The van der Waals surface area contributed by atoms with Gasteiger partial charge in [0.1, 0.15) is 11.6 Å². The number of amides is 1. The van der Waals surface area contributed by atoms with Gasteiger partial charge in [-0.1, -0.05) is 20.8 Å². The molecule has 1 heterocycles. The molecule has 0 saturated heterocycles. The highest BCUT2D eigenvalue weighted by Crippen LogP contribution is 2.29. The van der Waals surface area contributed by atoms with Crippen molar-refractivity contribution in [1.29, 1.82) is 0 Å². The zero-order valence-electron chi connectivity index (χ0n) is 11.9. The fourth-order valence-electron chi connectivity index (χ4n) is 1.98. The summed E-state index contributed by atoms with van der Waals surface area (Å²) in [5.41, 5.74) is 0.400. The second-order valence-corrected chi connectivity index (χ2v) is 6.19. The molecule has 2 N–H and O–H groups in total. The lowest BCUT2D eigenvalue weighted by molar-refractivity contribution is -0.128. The normalized spacial score (nSPS) is 19.1. The molecule has 1 aliphatic heterocycles. The number of fused-ring (bicyclic) bond motifs is 1. The van der Waals surface area contributed by atoms with Crippen LogP contribution in [0.15, 0.2) is 18.2 Å². The Morgan fingerprint density at radius 3 is 2.90 bits per heavy atom. The van der Waals surface area contributed by atoms with Crippen LogP contribution in [0.3, 0.4) is 0 Å². The largest absolute Gasteiger partial charge is 0.480 e. The number of rotatable bonds is 3. The molecular weight excluding hydrogens is 261 g/mol. The van der Waals surface area contributed by atoms with Crippen molar-refractivity contribution in [2.24, 2.45) is 5.41 Å². The van der Waals surface area contributed by atoms with E-state index in [0.29, 0.717) is 17.7 Å². The van der Waals surface area contributed by atoms with Gasteiger partial charge < -0.3 is 15.2 Å². The van der Waals surface area contributed by atoms with Gasteiger partial charge in [-0.25, -0.2) is 4.39 Å². The predicted octanol–water partition coefficient (Wildman–Crippen LogP) is 1.65. The van der Waals surface area contributed by atoms with E-state index in [0.717, 1.165) is 0 Å². The average molecular weight is 281 g/mol. The molecule has 1 aliphatic rings. The van der Waals surface area contributed by atoms with E-state index in [1.807, 2.05) is 20.8 Å². The van der Waals surface area contributed by atoms with Crippen LogP contribution >= 0.6 is 0 Å². The Bertz CT molecular complexity index is 510. The van der Waals surface area contributed by atoms with E-state index >= 15 is 0 Å². The summed E-state index contributed by atoms with van der Waals surface area (Å²) in [4.78, 5) is 12.0. The van der Waals surface area contributed by atoms with E-state index in [4.69, 9.17) is 4.74 Å². The summed E-state index contributed by atoms with van der Waals surface area (Å²) >= 11 is 0. The zero-order chi connectivity index (χ0) is 14.9.